The van der Waals surface area contributed by atoms with Crippen LogP contribution in [0.4, 0.5) is 5.82 Å². The molecule has 1 heterocycles. The van der Waals surface area contributed by atoms with E-state index >= 15 is 0 Å². The van der Waals surface area contributed by atoms with Crippen LogP contribution in [0.25, 0.3) is 0 Å². The van der Waals surface area contributed by atoms with Crippen molar-refractivity contribution in [1.82, 2.24) is 4.98 Å². The predicted octanol–water partition coefficient (Wildman–Crippen LogP) is 2.30. The first-order valence-corrected chi connectivity index (χ1v) is 6.67. The van der Waals surface area contributed by atoms with E-state index in [1.807, 2.05) is 0 Å². The van der Waals surface area contributed by atoms with Crippen molar-refractivity contribution in [1.29, 1.82) is 0 Å². The van der Waals surface area contributed by atoms with Gasteiger partial charge < -0.3 is 10.0 Å². The Bertz CT molecular complexity index is 386. The fourth-order valence-corrected chi connectivity index (χ4v) is 2.58. The molecule has 1 aromatic heterocycles. The van der Waals surface area contributed by atoms with Gasteiger partial charge in [0.1, 0.15) is 5.82 Å². The second kappa shape index (κ2) is 5.50. The zero-order valence-electron chi connectivity index (χ0n) is 10.9. The molecule has 0 unspecified atom stereocenters. The van der Waals surface area contributed by atoms with Crippen molar-refractivity contribution in [3.8, 4) is 0 Å². The van der Waals surface area contributed by atoms with Gasteiger partial charge >= 0.3 is 0 Å². The fraction of sp³-hybridized carbons (Fsp3) is 0.643. The van der Waals surface area contributed by atoms with Gasteiger partial charge in [0, 0.05) is 24.3 Å². The summed E-state index contributed by atoms with van der Waals surface area (Å²) < 4.78 is 0. The normalized spacial score (nSPS) is 14.5. The lowest BCUT2D eigenvalue weighted by molar-refractivity contribution is 0.281. The predicted molar refractivity (Wildman–Crippen MR) is 70.4 cm³/mol. The van der Waals surface area contributed by atoms with E-state index in [1.54, 1.807) is 0 Å². The van der Waals surface area contributed by atoms with Crippen LogP contribution >= 0.6 is 0 Å². The second-order valence-corrected chi connectivity index (χ2v) is 4.61. The van der Waals surface area contributed by atoms with E-state index in [-0.39, 0.29) is 6.61 Å². The van der Waals surface area contributed by atoms with E-state index in [0.29, 0.717) is 0 Å². The highest BCUT2D eigenvalue weighted by Crippen LogP contribution is 2.26. The van der Waals surface area contributed by atoms with E-state index < -0.39 is 0 Å². The monoisotopic (exact) mass is 234 g/mol. The first-order valence-electron chi connectivity index (χ1n) is 6.67. The van der Waals surface area contributed by atoms with Gasteiger partial charge in [0.15, 0.2) is 0 Å². The van der Waals surface area contributed by atoms with Crippen molar-refractivity contribution < 1.29 is 5.11 Å². The number of aromatic nitrogens is 1. The van der Waals surface area contributed by atoms with Crippen molar-refractivity contribution in [2.45, 2.75) is 46.1 Å². The number of fused-ring (bicyclic) bond motifs is 1. The Morgan fingerprint density at radius 1 is 1.24 bits per heavy atom. The Hall–Kier alpha value is -1.09. The Kier molecular flexibility index (Phi) is 4.00. The molecule has 3 nitrogen and oxygen atoms in total. The molecule has 0 radical (unpaired) electrons. The first kappa shape index (κ1) is 12.4. The SMILES string of the molecule is CCN(CC)c1nc2c(cc1CO)CCCC2. The summed E-state index contributed by atoms with van der Waals surface area (Å²) in [5.74, 6) is 0.984. The average molecular weight is 234 g/mol. The Balaban J connectivity index is 2.42. The molecule has 1 N–H and O–H groups in total. The van der Waals surface area contributed by atoms with Crippen LogP contribution in [0.2, 0.25) is 0 Å². The van der Waals surface area contributed by atoms with E-state index in [1.165, 1.54) is 24.1 Å². The van der Waals surface area contributed by atoms with Crippen LogP contribution in [-0.4, -0.2) is 23.2 Å². The molecule has 0 spiro atoms. The molecular formula is C14H22N2O. The summed E-state index contributed by atoms with van der Waals surface area (Å²) in [6.45, 7) is 6.23. The molecule has 0 bridgehead atoms. The highest BCUT2D eigenvalue weighted by atomic mass is 16.3. The molecule has 0 amide bonds. The average Bonchev–Trinajstić information content (AvgIpc) is 2.39. The highest BCUT2D eigenvalue weighted by molar-refractivity contribution is 5.50. The van der Waals surface area contributed by atoms with Crippen LogP contribution in [0, 0.1) is 0 Å². The summed E-state index contributed by atoms with van der Waals surface area (Å²) in [7, 11) is 0. The summed E-state index contributed by atoms with van der Waals surface area (Å²) in [4.78, 5) is 7.01. The number of hydrogen-bond acceptors (Lipinski definition) is 3. The van der Waals surface area contributed by atoms with Gasteiger partial charge in [-0.05, 0) is 51.2 Å². The van der Waals surface area contributed by atoms with Gasteiger partial charge in [-0.25, -0.2) is 4.98 Å². The van der Waals surface area contributed by atoms with Crippen LogP contribution in [0.15, 0.2) is 6.07 Å². The lowest BCUT2D eigenvalue weighted by atomic mass is 9.94. The van der Waals surface area contributed by atoms with Gasteiger partial charge in [0.05, 0.1) is 6.61 Å². The molecule has 3 heteroatoms. The third-order valence-corrected chi connectivity index (χ3v) is 3.59. The first-order chi connectivity index (χ1) is 8.30. The fourth-order valence-electron chi connectivity index (χ4n) is 2.58. The summed E-state index contributed by atoms with van der Waals surface area (Å²) in [6, 6.07) is 2.16. The van der Waals surface area contributed by atoms with Crippen molar-refractivity contribution in [2.24, 2.45) is 0 Å². The number of pyridine rings is 1. The zero-order chi connectivity index (χ0) is 12.3. The van der Waals surface area contributed by atoms with Crippen LogP contribution in [0.5, 0.6) is 0 Å². The molecule has 1 aliphatic rings. The molecule has 1 aliphatic carbocycles. The molecule has 0 saturated carbocycles. The molecule has 0 saturated heterocycles. The van der Waals surface area contributed by atoms with Crippen LogP contribution in [-0.2, 0) is 19.4 Å². The van der Waals surface area contributed by atoms with Gasteiger partial charge in [-0.15, -0.1) is 0 Å². The molecule has 0 atom stereocenters. The smallest absolute Gasteiger partial charge is 0.134 e. The minimum Gasteiger partial charge on any atom is -0.392 e. The molecule has 0 fully saturated rings. The quantitative estimate of drug-likeness (QED) is 0.868. The molecule has 0 aliphatic heterocycles. The standard InChI is InChI=1S/C14H22N2O/c1-3-16(4-2)14-12(10-17)9-11-7-5-6-8-13(11)15-14/h9,17H,3-8,10H2,1-2H3. The number of nitrogens with zero attached hydrogens (tertiary/aromatic N) is 2. The summed E-state index contributed by atoms with van der Waals surface area (Å²) in [6.07, 6.45) is 4.71. The zero-order valence-corrected chi connectivity index (χ0v) is 10.9. The van der Waals surface area contributed by atoms with Crippen LogP contribution in [0.1, 0.15) is 43.5 Å². The third kappa shape index (κ3) is 2.44. The van der Waals surface area contributed by atoms with Gasteiger partial charge in [-0.2, -0.15) is 0 Å². The lowest BCUT2D eigenvalue weighted by Crippen LogP contribution is -2.25. The maximum atomic E-state index is 9.49. The summed E-state index contributed by atoms with van der Waals surface area (Å²) >= 11 is 0. The topological polar surface area (TPSA) is 36.4 Å². The number of rotatable bonds is 4. The summed E-state index contributed by atoms with van der Waals surface area (Å²) in [5.41, 5.74) is 3.57. The lowest BCUT2D eigenvalue weighted by Gasteiger charge is -2.25. The number of aliphatic hydroxyl groups is 1. The molecule has 17 heavy (non-hydrogen) atoms. The second-order valence-electron chi connectivity index (χ2n) is 4.61. The largest absolute Gasteiger partial charge is 0.392 e. The summed E-state index contributed by atoms with van der Waals surface area (Å²) in [5, 5.41) is 9.49. The molecule has 1 aromatic rings. The highest BCUT2D eigenvalue weighted by Gasteiger charge is 2.17. The molecular weight excluding hydrogens is 212 g/mol. The maximum Gasteiger partial charge on any atom is 0.134 e. The maximum absolute atomic E-state index is 9.49. The molecule has 94 valence electrons. The van der Waals surface area contributed by atoms with Crippen LogP contribution in [0.3, 0.4) is 0 Å². The number of aliphatic hydroxyl groups excluding tert-OH is 1. The van der Waals surface area contributed by atoms with Gasteiger partial charge in [0.2, 0.25) is 0 Å². The number of anilines is 1. The van der Waals surface area contributed by atoms with Crippen LogP contribution < -0.4 is 4.90 Å². The minimum atomic E-state index is 0.0894. The Labute approximate surface area is 103 Å². The van der Waals surface area contributed by atoms with Gasteiger partial charge in [-0.1, -0.05) is 0 Å². The molecule has 0 aromatic carbocycles. The number of aryl methyl sites for hydroxylation is 2. The minimum absolute atomic E-state index is 0.0894. The van der Waals surface area contributed by atoms with E-state index in [0.717, 1.165) is 37.3 Å². The van der Waals surface area contributed by atoms with Crippen molar-refractivity contribution in [3.63, 3.8) is 0 Å². The Morgan fingerprint density at radius 3 is 2.59 bits per heavy atom. The molecule has 2 rings (SSSR count). The van der Waals surface area contributed by atoms with E-state index in [9.17, 15) is 5.11 Å². The Morgan fingerprint density at radius 2 is 1.94 bits per heavy atom. The van der Waals surface area contributed by atoms with E-state index in [2.05, 4.69) is 24.8 Å². The van der Waals surface area contributed by atoms with Gasteiger partial charge in [0.25, 0.3) is 0 Å². The number of hydrogen-bond donors (Lipinski definition) is 1. The third-order valence-electron chi connectivity index (χ3n) is 3.59. The van der Waals surface area contributed by atoms with Crippen molar-refractivity contribution >= 4 is 5.82 Å². The van der Waals surface area contributed by atoms with Gasteiger partial charge in [-0.3, -0.25) is 0 Å². The van der Waals surface area contributed by atoms with Crippen molar-refractivity contribution in [2.75, 3.05) is 18.0 Å². The van der Waals surface area contributed by atoms with E-state index in [4.69, 9.17) is 4.98 Å². The van der Waals surface area contributed by atoms with Crippen molar-refractivity contribution in [3.05, 3.63) is 22.9 Å².